The van der Waals surface area contributed by atoms with E-state index in [0.717, 1.165) is 28.6 Å². The molecule has 2 amide bonds. The lowest BCUT2D eigenvalue weighted by Gasteiger charge is -2.28. The summed E-state index contributed by atoms with van der Waals surface area (Å²) in [5, 5.41) is 21.5. The zero-order chi connectivity index (χ0) is 23.4. The maximum Gasteiger partial charge on any atom is 0.401 e. The van der Waals surface area contributed by atoms with Crippen molar-refractivity contribution in [1.82, 2.24) is 24.8 Å². The maximum atomic E-state index is 14.1. The number of nitriles is 1. The van der Waals surface area contributed by atoms with Crippen molar-refractivity contribution in [3.8, 4) is 6.07 Å². The second-order valence-electron chi connectivity index (χ2n) is 7.02. The minimum atomic E-state index is -4.80. The van der Waals surface area contributed by atoms with Crippen LogP contribution in [0.2, 0.25) is 5.15 Å². The lowest BCUT2D eigenvalue weighted by molar-refractivity contribution is -0.181. The maximum absolute atomic E-state index is 14.1. The highest BCUT2D eigenvalue weighted by Crippen LogP contribution is 2.50. The van der Waals surface area contributed by atoms with Crippen LogP contribution in [0.5, 0.6) is 0 Å². The second kappa shape index (κ2) is 7.23. The fourth-order valence-corrected chi connectivity index (χ4v) is 3.54. The molecule has 1 atom stereocenters. The Balaban J connectivity index is 1.80. The number of carbonyl (C=O) groups excluding carboxylic acids is 1. The SMILES string of the molecule is C[C@@]1(C(F)(F)F)CN(C(=O)Nc2cc(C(F)F)nnc2C#N)c2cnc3cc(Cl)nn3c21. The summed E-state index contributed by atoms with van der Waals surface area (Å²) in [6.45, 7) is 0.0236. The number of nitrogens with zero attached hydrogens (tertiary/aromatic N) is 7. The predicted octanol–water partition coefficient (Wildman–Crippen LogP) is 3.85. The fourth-order valence-electron chi connectivity index (χ4n) is 3.37. The number of carbonyl (C=O) groups is 1. The molecule has 4 rings (SSSR count). The van der Waals surface area contributed by atoms with Crippen LogP contribution in [0.4, 0.5) is 38.1 Å². The van der Waals surface area contributed by atoms with Gasteiger partial charge < -0.3 is 5.32 Å². The van der Waals surface area contributed by atoms with Crippen molar-refractivity contribution in [3.05, 3.63) is 40.6 Å². The number of amides is 2. The van der Waals surface area contributed by atoms with Gasteiger partial charge in [-0.05, 0) is 13.0 Å². The highest BCUT2D eigenvalue weighted by molar-refractivity contribution is 6.29. The number of alkyl halides is 5. The van der Waals surface area contributed by atoms with Gasteiger partial charge in [0.05, 0.1) is 23.3 Å². The number of hydrogen-bond donors (Lipinski definition) is 1. The molecule has 1 aliphatic rings. The summed E-state index contributed by atoms with van der Waals surface area (Å²) in [4.78, 5) is 17.6. The van der Waals surface area contributed by atoms with E-state index >= 15 is 0 Å². The quantitative estimate of drug-likeness (QED) is 0.567. The topological polar surface area (TPSA) is 112 Å². The molecule has 0 aromatic carbocycles. The van der Waals surface area contributed by atoms with Crippen LogP contribution in [-0.2, 0) is 5.41 Å². The van der Waals surface area contributed by atoms with Crippen LogP contribution in [0.3, 0.4) is 0 Å². The average Bonchev–Trinajstić information content (AvgIpc) is 3.24. The second-order valence-corrected chi connectivity index (χ2v) is 7.41. The van der Waals surface area contributed by atoms with E-state index in [4.69, 9.17) is 16.9 Å². The summed E-state index contributed by atoms with van der Waals surface area (Å²) in [5.41, 5.74) is -4.86. The fraction of sp³-hybridized carbons (Fsp3) is 0.294. The van der Waals surface area contributed by atoms with Gasteiger partial charge in [-0.2, -0.15) is 23.5 Å². The van der Waals surface area contributed by atoms with Gasteiger partial charge in [0.1, 0.15) is 17.2 Å². The molecule has 0 spiro atoms. The van der Waals surface area contributed by atoms with E-state index in [2.05, 4.69) is 25.6 Å². The van der Waals surface area contributed by atoms with Crippen molar-refractivity contribution < 1.29 is 26.7 Å². The molecule has 0 saturated heterocycles. The molecule has 0 radical (unpaired) electrons. The van der Waals surface area contributed by atoms with Gasteiger partial charge in [0, 0.05) is 12.6 Å². The van der Waals surface area contributed by atoms with Gasteiger partial charge in [0.25, 0.3) is 6.43 Å². The molecule has 166 valence electrons. The van der Waals surface area contributed by atoms with Crippen LogP contribution in [0.25, 0.3) is 5.65 Å². The Hall–Kier alpha value is -3.60. The Labute approximate surface area is 180 Å². The number of hydrogen-bond acceptors (Lipinski definition) is 6. The molecular formula is C17H10ClF5N8O. The standard InChI is InChI=1S/C17H10ClF5N8O/c1-16(17(21,22)23)6-30(10-5-25-12-3-11(18)29-31(12)13(10)16)15(32)26-7-2-8(14(19)20)27-28-9(7)4-24/h2-3,5,14H,6H2,1H3,(H,26,27,32)/t16-/m1/s1. The third-order valence-corrected chi connectivity index (χ3v) is 5.16. The number of rotatable bonds is 2. The smallest absolute Gasteiger partial charge is 0.305 e. The zero-order valence-electron chi connectivity index (χ0n) is 15.8. The van der Waals surface area contributed by atoms with Gasteiger partial charge in [0.2, 0.25) is 0 Å². The summed E-state index contributed by atoms with van der Waals surface area (Å²) in [6, 6.07) is 2.43. The largest absolute Gasteiger partial charge is 0.401 e. The van der Waals surface area contributed by atoms with Gasteiger partial charge in [0.15, 0.2) is 16.5 Å². The highest BCUT2D eigenvalue weighted by atomic mass is 35.5. The number of nitrogens with one attached hydrogen (secondary N) is 1. The van der Waals surface area contributed by atoms with Crippen molar-refractivity contribution >= 4 is 34.7 Å². The minimum absolute atomic E-state index is 0.0400. The molecule has 0 bridgehead atoms. The molecule has 3 aromatic rings. The molecule has 32 heavy (non-hydrogen) atoms. The van der Waals surface area contributed by atoms with E-state index in [1.54, 1.807) is 6.07 Å². The van der Waals surface area contributed by atoms with Crippen LogP contribution < -0.4 is 10.2 Å². The highest BCUT2D eigenvalue weighted by Gasteiger charge is 2.60. The summed E-state index contributed by atoms with van der Waals surface area (Å²) < 4.78 is 69.0. The Morgan fingerprint density at radius 1 is 1.34 bits per heavy atom. The van der Waals surface area contributed by atoms with E-state index in [0.29, 0.717) is 0 Å². The Bertz CT molecular complexity index is 1290. The van der Waals surface area contributed by atoms with E-state index in [1.165, 1.54) is 6.07 Å². The lowest BCUT2D eigenvalue weighted by atomic mass is 9.88. The van der Waals surface area contributed by atoms with Crippen molar-refractivity contribution in [2.45, 2.75) is 24.9 Å². The molecular weight excluding hydrogens is 463 g/mol. The molecule has 3 aromatic heterocycles. The summed E-state index contributed by atoms with van der Waals surface area (Å²) >= 11 is 5.82. The molecule has 1 aliphatic heterocycles. The third kappa shape index (κ3) is 3.25. The molecule has 0 fully saturated rings. The molecule has 0 aliphatic carbocycles. The van der Waals surface area contributed by atoms with Crippen molar-refractivity contribution in [1.29, 1.82) is 5.26 Å². The zero-order valence-corrected chi connectivity index (χ0v) is 16.6. The van der Waals surface area contributed by atoms with E-state index < -0.39 is 47.7 Å². The first kappa shape index (κ1) is 21.6. The molecule has 4 heterocycles. The summed E-state index contributed by atoms with van der Waals surface area (Å²) in [5.74, 6) is 0. The number of urea groups is 1. The van der Waals surface area contributed by atoms with E-state index in [9.17, 15) is 26.7 Å². The number of halogens is 6. The van der Waals surface area contributed by atoms with Gasteiger partial charge in [-0.1, -0.05) is 11.6 Å². The molecule has 0 saturated carbocycles. The van der Waals surface area contributed by atoms with Crippen LogP contribution in [0, 0.1) is 11.3 Å². The summed E-state index contributed by atoms with van der Waals surface area (Å²) in [7, 11) is 0. The Kier molecular flexibility index (Phi) is 4.88. The van der Waals surface area contributed by atoms with Crippen LogP contribution >= 0.6 is 11.6 Å². The molecule has 15 heteroatoms. The van der Waals surface area contributed by atoms with Gasteiger partial charge in [-0.15, -0.1) is 10.2 Å². The third-order valence-electron chi connectivity index (χ3n) is 4.98. The van der Waals surface area contributed by atoms with Crippen LogP contribution in [0.1, 0.15) is 30.4 Å². The van der Waals surface area contributed by atoms with Gasteiger partial charge in [-0.25, -0.2) is 23.1 Å². The number of aromatic nitrogens is 5. The average molecular weight is 473 g/mol. The number of fused-ring (bicyclic) bond motifs is 3. The van der Waals surface area contributed by atoms with Crippen molar-refractivity contribution in [2.24, 2.45) is 0 Å². The minimum Gasteiger partial charge on any atom is -0.305 e. The first-order valence-electron chi connectivity index (χ1n) is 8.72. The summed E-state index contributed by atoms with van der Waals surface area (Å²) in [6.07, 6.45) is -6.80. The van der Waals surface area contributed by atoms with E-state index in [-0.39, 0.29) is 22.2 Å². The molecule has 9 nitrogen and oxygen atoms in total. The first-order valence-corrected chi connectivity index (χ1v) is 9.10. The van der Waals surface area contributed by atoms with Crippen molar-refractivity contribution in [3.63, 3.8) is 0 Å². The number of anilines is 2. The van der Waals surface area contributed by atoms with Crippen LogP contribution in [0.15, 0.2) is 18.3 Å². The first-order chi connectivity index (χ1) is 15.0. The molecule has 1 N–H and O–H groups in total. The van der Waals surface area contributed by atoms with Gasteiger partial charge in [-0.3, -0.25) is 4.90 Å². The Morgan fingerprint density at radius 2 is 2.06 bits per heavy atom. The lowest BCUT2D eigenvalue weighted by Crippen LogP contribution is -2.46. The normalized spacial score (nSPS) is 18.2. The predicted molar refractivity (Wildman–Crippen MR) is 99.5 cm³/mol. The van der Waals surface area contributed by atoms with Crippen molar-refractivity contribution in [2.75, 3.05) is 16.8 Å². The Morgan fingerprint density at radius 3 is 2.69 bits per heavy atom. The van der Waals surface area contributed by atoms with E-state index in [1.807, 2.05) is 0 Å². The molecule has 0 unspecified atom stereocenters. The monoisotopic (exact) mass is 472 g/mol. The van der Waals surface area contributed by atoms with Crippen LogP contribution in [-0.4, -0.2) is 43.5 Å². The van der Waals surface area contributed by atoms with Gasteiger partial charge >= 0.3 is 12.2 Å².